The summed E-state index contributed by atoms with van der Waals surface area (Å²) >= 11 is 6.37. The fourth-order valence-electron chi connectivity index (χ4n) is 3.15. The minimum Gasteiger partial charge on any atom is -0.495 e. The minimum absolute atomic E-state index is 0.249. The second-order valence-electron chi connectivity index (χ2n) is 6.76. The molecule has 0 fully saturated rings. The molecule has 0 aliphatic rings. The van der Waals surface area contributed by atoms with E-state index < -0.39 is 11.9 Å². The molecular weight excluding hydrogens is 405 g/mol. The standard InChI is InChI=1S/C23H19ClFN3O2/c1-14-8-11-20(29-2)19(12-14)26-21(17-10-9-16(25)13-18(17)24)23-28-27-22(30-23)15-6-4-3-5-7-15/h3-13,21,26H,1-2H3/t21-/m1/s1. The highest BCUT2D eigenvalue weighted by molar-refractivity contribution is 6.31. The molecule has 1 atom stereocenters. The third kappa shape index (κ3) is 4.14. The summed E-state index contributed by atoms with van der Waals surface area (Å²) in [6, 6.07) is 18.8. The molecule has 0 amide bonds. The summed E-state index contributed by atoms with van der Waals surface area (Å²) in [5, 5.41) is 12.0. The van der Waals surface area contributed by atoms with Crippen molar-refractivity contribution in [2.24, 2.45) is 0 Å². The first-order valence-electron chi connectivity index (χ1n) is 9.30. The van der Waals surface area contributed by atoms with Gasteiger partial charge in [-0.05, 0) is 48.9 Å². The van der Waals surface area contributed by atoms with Crippen LogP contribution in [0.5, 0.6) is 5.75 Å². The van der Waals surface area contributed by atoms with Crippen LogP contribution in [0.3, 0.4) is 0 Å². The number of hydrogen-bond donors (Lipinski definition) is 1. The summed E-state index contributed by atoms with van der Waals surface area (Å²) in [6.07, 6.45) is 0. The summed E-state index contributed by atoms with van der Waals surface area (Å²) < 4.78 is 25.1. The van der Waals surface area contributed by atoms with Crippen molar-refractivity contribution in [3.8, 4) is 17.2 Å². The number of anilines is 1. The van der Waals surface area contributed by atoms with Gasteiger partial charge in [0.05, 0.1) is 12.8 Å². The van der Waals surface area contributed by atoms with Crippen molar-refractivity contribution < 1.29 is 13.5 Å². The lowest BCUT2D eigenvalue weighted by molar-refractivity contribution is 0.415. The van der Waals surface area contributed by atoms with Crippen LogP contribution in [0.2, 0.25) is 5.02 Å². The van der Waals surface area contributed by atoms with E-state index in [1.54, 1.807) is 13.2 Å². The molecule has 3 aromatic carbocycles. The van der Waals surface area contributed by atoms with Crippen LogP contribution in [0, 0.1) is 12.7 Å². The molecular formula is C23H19ClFN3O2. The number of aromatic nitrogens is 2. The van der Waals surface area contributed by atoms with Crippen LogP contribution in [0.1, 0.15) is 23.1 Å². The van der Waals surface area contributed by atoms with Crippen LogP contribution in [0.15, 0.2) is 71.1 Å². The van der Waals surface area contributed by atoms with Gasteiger partial charge in [-0.3, -0.25) is 0 Å². The second-order valence-corrected chi connectivity index (χ2v) is 7.17. The van der Waals surface area contributed by atoms with Crippen molar-refractivity contribution in [2.45, 2.75) is 13.0 Å². The molecule has 4 rings (SSSR count). The van der Waals surface area contributed by atoms with Crippen LogP contribution in [-0.4, -0.2) is 17.3 Å². The molecule has 1 heterocycles. The van der Waals surface area contributed by atoms with Crippen molar-refractivity contribution >= 4 is 17.3 Å². The largest absolute Gasteiger partial charge is 0.495 e. The van der Waals surface area contributed by atoms with Gasteiger partial charge in [0.2, 0.25) is 11.8 Å². The van der Waals surface area contributed by atoms with Crippen molar-refractivity contribution in [2.75, 3.05) is 12.4 Å². The average Bonchev–Trinajstić information content (AvgIpc) is 3.23. The van der Waals surface area contributed by atoms with E-state index in [1.807, 2.05) is 55.5 Å². The number of nitrogens with one attached hydrogen (secondary N) is 1. The Morgan fingerprint density at radius 1 is 1.03 bits per heavy atom. The fourth-order valence-corrected chi connectivity index (χ4v) is 3.42. The Bertz CT molecular complexity index is 1160. The topological polar surface area (TPSA) is 60.2 Å². The molecule has 7 heteroatoms. The predicted octanol–water partition coefficient (Wildman–Crippen LogP) is 6.05. The highest BCUT2D eigenvalue weighted by Gasteiger charge is 2.25. The van der Waals surface area contributed by atoms with E-state index in [0.29, 0.717) is 23.1 Å². The monoisotopic (exact) mass is 423 g/mol. The number of ether oxygens (including phenoxy) is 1. The summed E-state index contributed by atoms with van der Waals surface area (Å²) in [4.78, 5) is 0. The average molecular weight is 424 g/mol. The lowest BCUT2D eigenvalue weighted by atomic mass is 10.1. The molecule has 0 saturated carbocycles. The predicted molar refractivity (Wildman–Crippen MR) is 114 cm³/mol. The van der Waals surface area contributed by atoms with Crippen LogP contribution >= 0.6 is 11.6 Å². The first-order valence-corrected chi connectivity index (χ1v) is 9.68. The SMILES string of the molecule is COc1ccc(C)cc1N[C@@H](c1nnc(-c2ccccc2)o1)c1ccc(F)cc1Cl. The summed E-state index contributed by atoms with van der Waals surface area (Å²) in [7, 11) is 1.59. The number of hydrogen-bond acceptors (Lipinski definition) is 5. The normalized spacial score (nSPS) is 11.9. The highest BCUT2D eigenvalue weighted by Crippen LogP contribution is 2.36. The Balaban J connectivity index is 1.79. The summed E-state index contributed by atoms with van der Waals surface area (Å²) in [6.45, 7) is 1.98. The molecule has 152 valence electrons. The third-order valence-corrected chi connectivity index (χ3v) is 4.96. The Labute approximate surface area is 178 Å². The Hall–Kier alpha value is -3.38. The van der Waals surface area contributed by atoms with Gasteiger partial charge in [-0.2, -0.15) is 0 Å². The van der Waals surface area contributed by atoms with Crippen LogP contribution in [0.4, 0.5) is 10.1 Å². The van der Waals surface area contributed by atoms with E-state index in [-0.39, 0.29) is 5.02 Å². The Morgan fingerprint density at radius 2 is 1.83 bits per heavy atom. The molecule has 5 nitrogen and oxygen atoms in total. The van der Waals surface area contributed by atoms with Crippen LogP contribution in [0.25, 0.3) is 11.5 Å². The second kappa shape index (κ2) is 8.55. The summed E-state index contributed by atoms with van der Waals surface area (Å²) in [5.74, 6) is 0.899. The zero-order chi connectivity index (χ0) is 21.1. The lowest BCUT2D eigenvalue weighted by Gasteiger charge is -2.20. The highest BCUT2D eigenvalue weighted by atomic mass is 35.5. The van der Waals surface area contributed by atoms with Gasteiger partial charge >= 0.3 is 0 Å². The molecule has 30 heavy (non-hydrogen) atoms. The smallest absolute Gasteiger partial charge is 0.247 e. The first kappa shape index (κ1) is 19.9. The Kier molecular flexibility index (Phi) is 5.68. The van der Waals surface area contributed by atoms with Crippen molar-refractivity contribution in [1.82, 2.24) is 10.2 Å². The molecule has 1 N–H and O–H groups in total. The molecule has 0 radical (unpaired) electrons. The molecule has 0 saturated heterocycles. The quantitative estimate of drug-likeness (QED) is 0.409. The number of aryl methyl sites for hydroxylation is 1. The molecule has 0 aliphatic heterocycles. The van der Waals surface area contributed by atoms with Gasteiger partial charge in [0.1, 0.15) is 17.6 Å². The van der Waals surface area contributed by atoms with E-state index in [4.69, 9.17) is 20.8 Å². The molecule has 4 aromatic rings. The number of methoxy groups -OCH3 is 1. The molecule has 0 aliphatic carbocycles. The van der Waals surface area contributed by atoms with E-state index >= 15 is 0 Å². The van der Waals surface area contributed by atoms with Gasteiger partial charge in [-0.1, -0.05) is 41.9 Å². The van der Waals surface area contributed by atoms with Crippen LogP contribution in [-0.2, 0) is 0 Å². The van der Waals surface area contributed by atoms with Gasteiger partial charge in [-0.15, -0.1) is 10.2 Å². The third-order valence-electron chi connectivity index (χ3n) is 4.64. The zero-order valence-electron chi connectivity index (χ0n) is 16.4. The Morgan fingerprint density at radius 3 is 2.57 bits per heavy atom. The van der Waals surface area contributed by atoms with Crippen molar-refractivity contribution in [3.05, 3.63) is 94.6 Å². The number of nitrogens with zero attached hydrogens (tertiary/aromatic N) is 2. The van der Waals surface area contributed by atoms with E-state index in [2.05, 4.69) is 15.5 Å². The van der Waals surface area contributed by atoms with Crippen molar-refractivity contribution in [3.63, 3.8) is 0 Å². The molecule has 0 unspecified atom stereocenters. The number of halogens is 2. The van der Waals surface area contributed by atoms with Crippen molar-refractivity contribution in [1.29, 1.82) is 0 Å². The van der Waals surface area contributed by atoms with E-state index in [9.17, 15) is 4.39 Å². The maximum absolute atomic E-state index is 13.7. The molecule has 0 spiro atoms. The molecule has 0 bridgehead atoms. The van der Waals surface area contributed by atoms with Gasteiger partial charge in [0.25, 0.3) is 0 Å². The first-order chi connectivity index (χ1) is 14.5. The van der Waals surface area contributed by atoms with Crippen LogP contribution < -0.4 is 10.1 Å². The van der Waals surface area contributed by atoms with Gasteiger partial charge in [0.15, 0.2) is 0 Å². The van der Waals surface area contributed by atoms with Gasteiger partial charge in [-0.25, -0.2) is 4.39 Å². The van der Waals surface area contributed by atoms with Gasteiger partial charge < -0.3 is 14.5 Å². The van der Waals surface area contributed by atoms with E-state index in [0.717, 1.165) is 16.8 Å². The fraction of sp³-hybridized carbons (Fsp3) is 0.130. The van der Waals surface area contributed by atoms with Gasteiger partial charge in [0, 0.05) is 16.1 Å². The van der Waals surface area contributed by atoms with E-state index in [1.165, 1.54) is 12.1 Å². The number of benzene rings is 3. The maximum atomic E-state index is 13.7. The zero-order valence-corrected chi connectivity index (χ0v) is 17.2. The minimum atomic E-state index is -0.612. The number of rotatable bonds is 6. The maximum Gasteiger partial charge on any atom is 0.247 e. The molecule has 1 aromatic heterocycles. The summed E-state index contributed by atoms with van der Waals surface area (Å²) in [5.41, 5.74) is 3.17. The lowest BCUT2D eigenvalue weighted by Crippen LogP contribution is -2.14.